The second-order valence-corrected chi connectivity index (χ2v) is 5.05. The van der Waals surface area contributed by atoms with Crippen LogP contribution < -0.4 is 0 Å². The Balaban J connectivity index is 2.57. The van der Waals surface area contributed by atoms with E-state index in [0.717, 1.165) is 11.1 Å². The summed E-state index contributed by atoms with van der Waals surface area (Å²) < 4.78 is 5.19. The van der Waals surface area contributed by atoms with Gasteiger partial charge in [0.2, 0.25) is 0 Å². The predicted octanol–water partition coefficient (Wildman–Crippen LogP) is 1.95. The maximum Gasteiger partial charge on any atom is 0.323 e. The number of rotatable bonds is 6. The van der Waals surface area contributed by atoms with E-state index in [2.05, 4.69) is 0 Å². The van der Waals surface area contributed by atoms with Crippen LogP contribution in [-0.4, -0.2) is 35.2 Å². The predicted molar refractivity (Wildman–Crippen MR) is 74.5 cm³/mol. The number of carbonyl (C=O) groups is 1. The molecule has 106 valence electrons. The topological polar surface area (TPSA) is 49.8 Å². The molecule has 0 aliphatic rings. The number of hydrogen-bond acceptors (Lipinski definition) is 4. The summed E-state index contributed by atoms with van der Waals surface area (Å²) in [6.45, 7) is 6.25. The van der Waals surface area contributed by atoms with E-state index in [9.17, 15) is 4.79 Å². The standard InChI is InChI=1S/C15H23NO3/c1-11(2)19-15(18)12(3)16(4)9-13-5-7-14(10-17)8-6-13/h5-8,11-12,17H,9-10H2,1-4H3. The van der Waals surface area contributed by atoms with Crippen molar-refractivity contribution >= 4 is 5.97 Å². The van der Waals surface area contributed by atoms with E-state index in [4.69, 9.17) is 9.84 Å². The first-order valence-electron chi connectivity index (χ1n) is 6.53. The van der Waals surface area contributed by atoms with Crippen molar-refractivity contribution in [1.29, 1.82) is 0 Å². The van der Waals surface area contributed by atoms with E-state index in [1.807, 2.05) is 57.0 Å². The van der Waals surface area contributed by atoms with Crippen LogP contribution in [0.3, 0.4) is 0 Å². The molecule has 1 N–H and O–H groups in total. The number of ether oxygens (including phenoxy) is 1. The molecule has 1 aromatic carbocycles. The molecule has 4 heteroatoms. The van der Waals surface area contributed by atoms with Crippen LogP contribution in [0, 0.1) is 0 Å². The van der Waals surface area contributed by atoms with Gasteiger partial charge < -0.3 is 9.84 Å². The van der Waals surface area contributed by atoms with Gasteiger partial charge in [-0.2, -0.15) is 0 Å². The molecular formula is C15H23NO3. The Morgan fingerprint density at radius 3 is 2.21 bits per heavy atom. The van der Waals surface area contributed by atoms with Crippen molar-refractivity contribution in [1.82, 2.24) is 4.90 Å². The summed E-state index contributed by atoms with van der Waals surface area (Å²) in [6, 6.07) is 7.42. The highest BCUT2D eigenvalue weighted by molar-refractivity contribution is 5.75. The normalized spacial score (nSPS) is 12.8. The number of carbonyl (C=O) groups excluding carboxylic acids is 1. The molecule has 1 rings (SSSR count). The summed E-state index contributed by atoms with van der Waals surface area (Å²) >= 11 is 0. The van der Waals surface area contributed by atoms with Crippen molar-refractivity contribution in [2.75, 3.05) is 7.05 Å². The minimum Gasteiger partial charge on any atom is -0.462 e. The first-order chi connectivity index (χ1) is 8.93. The Morgan fingerprint density at radius 2 is 1.74 bits per heavy atom. The number of aliphatic hydroxyl groups excluding tert-OH is 1. The van der Waals surface area contributed by atoms with Gasteiger partial charge in [0.1, 0.15) is 6.04 Å². The van der Waals surface area contributed by atoms with Crippen molar-refractivity contribution in [2.45, 2.75) is 46.1 Å². The number of benzene rings is 1. The smallest absolute Gasteiger partial charge is 0.323 e. The van der Waals surface area contributed by atoms with Crippen LogP contribution >= 0.6 is 0 Å². The third kappa shape index (κ3) is 5.01. The van der Waals surface area contributed by atoms with E-state index >= 15 is 0 Å². The maximum atomic E-state index is 11.8. The largest absolute Gasteiger partial charge is 0.462 e. The van der Waals surface area contributed by atoms with Crippen LogP contribution in [0.15, 0.2) is 24.3 Å². The molecule has 0 radical (unpaired) electrons. The zero-order valence-electron chi connectivity index (χ0n) is 12.1. The lowest BCUT2D eigenvalue weighted by Crippen LogP contribution is -2.37. The van der Waals surface area contributed by atoms with Gasteiger partial charge in [-0.1, -0.05) is 24.3 Å². The monoisotopic (exact) mass is 265 g/mol. The molecule has 0 bridgehead atoms. The van der Waals surface area contributed by atoms with Gasteiger partial charge in [0, 0.05) is 6.54 Å². The molecule has 0 aliphatic heterocycles. The third-order valence-electron chi connectivity index (χ3n) is 2.99. The number of likely N-dealkylation sites (N-methyl/N-ethyl adjacent to an activating group) is 1. The Morgan fingerprint density at radius 1 is 1.21 bits per heavy atom. The van der Waals surface area contributed by atoms with Crippen molar-refractivity contribution in [3.63, 3.8) is 0 Å². The van der Waals surface area contributed by atoms with E-state index in [1.54, 1.807) is 0 Å². The zero-order chi connectivity index (χ0) is 14.4. The quantitative estimate of drug-likeness (QED) is 0.799. The zero-order valence-corrected chi connectivity index (χ0v) is 12.1. The van der Waals surface area contributed by atoms with Gasteiger partial charge >= 0.3 is 5.97 Å². The average Bonchev–Trinajstić information content (AvgIpc) is 2.37. The summed E-state index contributed by atoms with van der Waals surface area (Å²) in [7, 11) is 1.90. The van der Waals surface area contributed by atoms with Crippen LogP contribution in [0.2, 0.25) is 0 Å². The number of aliphatic hydroxyl groups is 1. The Hall–Kier alpha value is -1.39. The number of hydrogen-bond donors (Lipinski definition) is 1. The van der Waals surface area contributed by atoms with Crippen molar-refractivity contribution in [2.24, 2.45) is 0 Å². The lowest BCUT2D eigenvalue weighted by molar-refractivity contribution is -0.152. The molecule has 1 aromatic rings. The van der Waals surface area contributed by atoms with Gasteiger partial charge in [-0.25, -0.2) is 0 Å². The average molecular weight is 265 g/mol. The molecule has 0 spiro atoms. The molecule has 0 fully saturated rings. The number of esters is 1. The highest BCUT2D eigenvalue weighted by Gasteiger charge is 2.20. The van der Waals surface area contributed by atoms with Crippen LogP contribution in [0.25, 0.3) is 0 Å². The van der Waals surface area contributed by atoms with Gasteiger partial charge in [0.25, 0.3) is 0 Å². The molecular weight excluding hydrogens is 242 g/mol. The lowest BCUT2D eigenvalue weighted by atomic mass is 10.1. The second-order valence-electron chi connectivity index (χ2n) is 5.05. The minimum absolute atomic E-state index is 0.0488. The first kappa shape index (κ1) is 15.7. The van der Waals surface area contributed by atoms with Crippen LogP contribution in [0.4, 0.5) is 0 Å². The molecule has 0 aliphatic carbocycles. The second kappa shape index (κ2) is 7.26. The Labute approximate surface area is 115 Å². The Bertz CT molecular complexity index is 400. The number of nitrogens with zero attached hydrogens (tertiary/aromatic N) is 1. The fourth-order valence-corrected chi connectivity index (χ4v) is 1.69. The van der Waals surface area contributed by atoms with Gasteiger partial charge in [-0.15, -0.1) is 0 Å². The highest BCUT2D eigenvalue weighted by Crippen LogP contribution is 2.10. The van der Waals surface area contributed by atoms with E-state index < -0.39 is 0 Å². The fraction of sp³-hybridized carbons (Fsp3) is 0.533. The van der Waals surface area contributed by atoms with Gasteiger partial charge in [-0.3, -0.25) is 9.69 Å². The molecule has 4 nitrogen and oxygen atoms in total. The molecule has 0 saturated heterocycles. The maximum absolute atomic E-state index is 11.8. The summed E-state index contributed by atoms with van der Waals surface area (Å²) in [6.07, 6.45) is -0.0906. The first-order valence-corrected chi connectivity index (χ1v) is 6.53. The summed E-state index contributed by atoms with van der Waals surface area (Å²) in [5.41, 5.74) is 1.99. The SMILES string of the molecule is CC(C)OC(=O)C(C)N(C)Cc1ccc(CO)cc1. The van der Waals surface area contributed by atoms with Crippen LogP contribution in [0.5, 0.6) is 0 Å². The van der Waals surface area contributed by atoms with E-state index in [0.29, 0.717) is 6.54 Å². The van der Waals surface area contributed by atoms with Gasteiger partial charge in [0.15, 0.2) is 0 Å². The minimum atomic E-state index is -0.278. The van der Waals surface area contributed by atoms with Crippen molar-refractivity contribution in [3.8, 4) is 0 Å². The van der Waals surface area contributed by atoms with Crippen LogP contribution in [0.1, 0.15) is 31.9 Å². The summed E-state index contributed by atoms with van der Waals surface area (Å²) in [4.78, 5) is 13.7. The van der Waals surface area contributed by atoms with Crippen LogP contribution in [-0.2, 0) is 22.7 Å². The van der Waals surface area contributed by atoms with Gasteiger partial charge in [-0.05, 0) is 38.9 Å². The molecule has 1 unspecified atom stereocenters. The third-order valence-corrected chi connectivity index (χ3v) is 2.99. The fourth-order valence-electron chi connectivity index (χ4n) is 1.69. The van der Waals surface area contributed by atoms with Gasteiger partial charge in [0.05, 0.1) is 12.7 Å². The highest BCUT2D eigenvalue weighted by atomic mass is 16.5. The summed E-state index contributed by atoms with van der Waals surface area (Å²) in [5.74, 6) is -0.204. The molecule has 0 saturated carbocycles. The molecule has 19 heavy (non-hydrogen) atoms. The molecule has 0 heterocycles. The molecule has 1 atom stereocenters. The Kier molecular flexibility index (Phi) is 5.99. The van der Waals surface area contributed by atoms with Crippen molar-refractivity contribution < 1.29 is 14.6 Å². The summed E-state index contributed by atoms with van der Waals surface area (Å²) in [5, 5.41) is 8.98. The van der Waals surface area contributed by atoms with E-state index in [1.165, 1.54) is 0 Å². The van der Waals surface area contributed by atoms with Crippen molar-refractivity contribution in [3.05, 3.63) is 35.4 Å². The molecule has 0 amide bonds. The lowest BCUT2D eigenvalue weighted by Gasteiger charge is -2.24. The molecule has 0 aromatic heterocycles. The van der Waals surface area contributed by atoms with E-state index in [-0.39, 0.29) is 24.7 Å².